The Morgan fingerprint density at radius 1 is 1.29 bits per heavy atom. The SMILES string of the molecule is CC(c1ccc(N)cc1)c1cncs1. The quantitative estimate of drug-likeness (QED) is 0.764. The number of nitrogen functional groups attached to an aromatic ring is 1. The summed E-state index contributed by atoms with van der Waals surface area (Å²) in [6, 6.07) is 8.01. The minimum absolute atomic E-state index is 0.406. The van der Waals surface area contributed by atoms with Crippen molar-refractivity contribution < 1.29 is 0 Å². The van der Waals surface area contributed by atoms with Crippen molar-refractivity contribution in [1.82, 2.24) is 4.98 Å². The summed E-state index contributed by atoms with van der Waals surface area (Å²) in [6.07, 6.45) is 1.92. The van der Waals surface area contributed by atoms with Crippen molar-refractivity contribution >= 4 is 17.0 Å². The molecule has 0 aliphatic heterocycles. The molecule has 0 saturated carbocycles. The van der Waals surface area contributed by atoms with Crippen molar-refractivity contribution in [3.63, 3.8) is 0 Å². The molecule has 0 fully saturated rings. The highest BCUT2D eigenvalue weighted by Gasteiger charge is 2.08. The lowest BCUT2D eigenvalue weighted by Crippen LogP contribution is -1.93. The number of nitrogens with zero attached hydrogens (tertiary/aromatic N) is 1. The van der Waals surface area contributed by atoms with Gasteiger partial charge in [0, 0.05) is 22.7 Å². The summed E-state index contributed by atoms with van der Waals surface area (Å²) in [4.78, 5) is 5.37. The highest BCUT2D eigenvalue weighted by Crippen LogP contribution is 2.26. The molecule has 0 radical (unpaired) electrons. The average Bonchev–Trinajstić information content (AvgIpc) is 2.71. The van der Waals surface area contributed by atoms with Gasteiger partial charge in [-0.25, -0.2) is 0 Å². The van der Waals surface area contributed by atoms with Gasteiger partial charge in [-0.2, -0.15) is 0 Å². The summed E-state index contributed by atoms with van der Waals surface area (Å²) in [7, 11) is 0. The first-order valence-electron chi connectivity index (χ1n) is 4.51. The second-order valence-electron chi connectivity index (χ2n) is 3.29. The van der Waals surface area contributed by atoms with Crippen LogP contribution in [0.15, 0.2) is 36.0 Å². The summed E-state index contributed by atoms with van der Waals surface area (Å²) >= 11 is 1.69. The standard InChI is InChI=1S/C11H12N2S/c1-8(11-6-13-7-14-11)9-2-4-10(12)5-3-9/h2-8H,12H2,1H3. The number of anilines is 1. The van der Waals surface area contributed by atoms with Crippen molar-refractivity contribution in [2.24, 2.45) is 0 Å². The van der Waals surface area contributed by atoms with Crippen LogP contribution in [0.2, 0.25) is 0 Å². The van der Waals surface area contributed by atoms with Gasteiger partial charge < -0.3 is 5.73 Å². The van der Waals surface area contributed by atoms with Crippen molar-refractivity contribution in [3.8, 4) is 0 Å². The van der Waals surface area contributed by atoms with Crippen molar-refractivity contribution in [2.45, 2.75) is 12.8 Å². The average molecular weight is 204 g/mol. The Kier molecular flexibility index (Phi) is 2.50. The zero-order valence-corrected chi connectivity index (χ0v) is 8.79. The van der Waals surface area contributed by atoms with Crippen LogP contribution in [0.25, 0.3) is 0 Å². The van der Waals surface area contributed by atoms with E-state index in [1.165, 1.54) is 10.4 Å². The second-order valence-corrected chi connectivity index (χ2v) is 4.21. The van der Waals surface area contributed by atoms with E-state index in [1.54, 1.807) is 11.3 Å². The van der Waals surface area contributed by atoms with Gasteiger partial charge >= 0.3 is 0 Å². The van der Waals surface area contributed by atoms with E-state index in [-0.39, 0.29) is 0 Å². The highest BCUT2D eigenvalue weighted by molar-refractivity contribution is 7.09. The Bertz CT molecular complexity index is 392. The Balaban J connectivity index is 2.28. The Hall–Kier alpha value is -1.35. The smallest absolute Gasteiger partial charge is 0.0794 e. The van der Waals surface area contributed by atoms with Gasteiger partial charge in [-0.15, -0.1) is 11.3 Å². The van der Waals surface area contributed by atoms with Crippen molar-refractivity contribution in [1.29, 1.82) is 0 Å². The third-order valence-electron chi connectivity index (χ3n) is 2.31. The van der Waals surface area contributed by atoms with Gasteiger partial charge in [0.1, 0.15) is 0 Å². The molecule has 0 spiro atoms. The number of hydrogen-bond donors (Lipinski definition) is 1. The minimum Gasteiger partial charge on any atom is -0.399 e. The Morgan fingerprint density at radius 3 is 2.57 bits per heavy atom. The van der Waals surface area contributed by atoms with Crippen LogP contribution < -0.4 is 5.73 Å². The predicted molar refractivity (Wildman–Crippen MR) is 60.5 cm³/mol. The number of nitrogens with two attached hydrogens (primary N) is 1. The lowest BCUT2D eigenvalue weighted by Gasteiger charge is -2.08. The van der Waals surface area contributed by atoms with Crippen molar-refractivity contribution in [2.75, 3.05) is 5.73 Å². The van der Waals surface area contributed by atoms with Crippen LogP contribution in [0, 0.1) is 0 Å². The fraction of sp³-hybridized carbons (Fsp3) is 0.182. The fourth-order valence-corrected chi connectivity index (χ4v) is 2.09. The van der Waals surface area contributed by atoms with E-state index in [1.807, 2.05) is 23.8 Å². The third kappa shape index (κ3) is 1.77. The first-order chi connectivity index (χ1) is 6.77. The maximum Gasteiger partial charge on any atom is 0.0794 e. The number of aromatic nitrogens is 1. The number of rotatable bonds is 2. The summed E-state index contributed by atoms with van der Waals surface area (Å²) in [5, 5.41) is 0. The molecule has 2 aromatic rings. The molecule has 0 aliphatic carbocycles. The monoisotopic (exact) mass is 204 g/mol. The molecule has 2 rings (SSSR count). The molecule has 2 N–H and O–H groups in total. The molecule has 0 amide bonds. The largest absolute Gasteiger partial charge is 0.399 e. The zero-order valence-electron chi connectivity index (χ0n) is 7.97. The van der Waals surface area contributed by atoms with Crippen LogP contribution in [-0.2, 0) is 0 Å². The summed E-state index contributed by atoms with van der Waals surface area (Å²) < 4.78 is 0. The Morgan fingerprint density at radius 2 is 2.00 bits per heavy atom. The van der Waals surface area contributed by atoms with E-state index in [0.717, 1.165) is 5.69 Å². The molecule has 2 nitrogen and oxygen atoms in total. The van der Waals surface area contributed by atoms with Gasteiger partial charge in [-0.05, 0) is 17.7 Å². The van der Waals surface area contributed by atoms with Crippen LogP contribution in [-0.4, -0.2) is 4.98 Å². The molecule has 1 heterocycles. The number of benzene rings is 1. The van der Waals surface area contributed by atoms with E-state index in [2.05, 4.69) is 24.0 Å². The van der Waals surface area contributed by atoms with Crippen LogP contribution >= 0.6 is 11.3 Å². The summed E-state index contributed by atoms with van der Waals surface area (Å²) in [5.41, 5.74) is 9.59. The first-order valence-corrected chi connectivity index (χ1v) is 5.39. The number of thiazole rings is 1. The highest BCUT2D eigenvalue weighted by atomic mass is 32.1. The maximum absolute atomic E-state index is 5.64. The van der Waals surface area contributed by atoms with E-state index >= 15 is 0 Å². The molecule has 1 atom stereocenters. The van der Waals surface area contributed by atoms with Gasteiger partial charge in [-0.1, -0.05) is 19.1 Å². The molecule has 0 bridgehead atoms. The minimum atomic E-state index is 0.406. The van der Waals surface area contributed by atoms with Gasteiger partial charge in [0.15, 0.2) is 0 Å². The first kappa shape index (κ1) is 9.21. The lowest BCUT2D eigenvalue weighted by molar-refractivity contribution is 0.943. The Labute approximate surface area is 87.4 Å². The second kappa shape index (κ2) is 3.80. The fourth-order valence-electron chi connectivity index (χ4n) is 1.39. The third-order valence-corrected chi connectivity index (χ3v) is 3.27. The molecule has 3 heteroatoms. The zero-order chi connectivity index (χ0) is 9.97. The van der Waals surface area contributed by atoms with Gasteiger partial charge in [-0.3, -0.25) is 4.98 Å². The summed E-state index contributed by atoms with van der Waals surface area (Å²) in [6.45, 7) is 2.18. The summed E-state index contributed by atoms with van der Waals surface area (Å²) in [5.74, 6) is 0.406. The molecular weight excluding hydrogens is 192 g/mol. The van der Waals surface area contributed by atoms with Crippen LogP contribution in [0.5, 0.6) is 0 Å². The van der Waals surface area contributed by atoms with Gasteiger partial charge in [0.05, 0.1) is 5.51 Å². The van der Waals surface area contributed by atoms with E-state index < -0.39 is 0 Å². The van der Waals surface area contributed by atoms with Crippen LogP contribution in [0.3, 0.4) is 0 Å². The topological polar surface area (TPSA) is 38.9 Å². The molecule has 1 aromatic carbocycles. The van der Waals surface area contributed by atoms with E-state index in [4.69, 9.17) is 5.73 Å². The molecule has 0 aliphatic rings. The van der Waals surface area contributed by atoms with E-state index in [9.17, 15) is 0 Å². The molecule has 0 saturated heterocycles. The maximum atomic E-state index is 5.64. The normalized spacial score (nSPS) is 12.6. The predicted octanol–water partition coefficient (Wildman–Crippen LogP) is 2.88. The van der Waals surface area contributed by atoms with Gasteiger partial charge in [0.2, 0.25) is 0 Å². The molecule has 72 valence electrons. The molecule has 1 aromatic heterocycles. The molecule has 1 unspecified atom stereocenters. The number of hydrogen-bond acceptors (Lipinski definition) is 3. The van der Waals surface area contributed by atoms with Gasteiger partial charge in [0.25, 0.3) is 0 Å². The van der Waals surface area contributed by atoms with E-state index in [0.29, 0.717) is 5.92 Å². The molecular formula is C11H12N2S. The molecule has 14 heavy (non-hydrogen) atoms. The van der Waals surface area contributed by atoms with Crippen molar-refractivity contribution in [3.05, 3.63) is 46.4 Å². The van der Waals surface area contributed by atoms with Crippen LogP contribution in [0.4, 0.5) is 5.69 Å². The lowest BCUT2D eigenvalue weighted by atomic mass is 10.00. The van der Waals surface area contributed by atoms with Crippen LogP contribution in [0.1, 0.15) is 23.3 Å².